The highest BCUT2D eigenvalue weighted by Crippen LogP contribution is 2.41. The fourth-order valence-corrected chi connectivity index (χ4v) is 2.52. The topological polar surface area (TPSA) is 200 Å². The molecule has 13 heteroatoms. The van der Waals surface area contributed by atoms with Crippen molar-refractivity contribution in [3.05, 3.63) is 12.0 Å². The average Bonchev–Trinajstić information content (AvgIpc) is 2.95. The number of carbonyl (C=O) groups excluding carboxylic acids is 1. The summed E-state index contributed by atoms with van der Waals surface area (Å²) in [4.78, 5) is 35.8. The first kappa shape index (κ1) is 16.8. The van der Waals surface area contributed by atoms with Gasteiger partial charge in [0, 0.05) is 0 Å². The van der Waals surface area contributed by atoms with Crippen molar-refractivity contribution >= 4 is 19.5 Å². The van der Waals surface area contributed by atoms with E-state index in [1.807, 2.05) is 0 Å². The minimum absolute atomic E-state index is 0.0257. The smallest absolute Gasteiger partial charge is 0.394 e. The summed E-state index contributed by atoms with van der Waals surface area (Å²) in [6.45, 7) is -0.640. The fraction of sp³-hybridized carbons (Fsp3) is 0.556. The van der Waals surface area contributed by atoms with Crippen LogP contribution in [0.2, 0.25) is 0 Å². The van der Waals surface area contributed by atoms with Crippen LogP contribution in [-0.2, 0) is 13.8 Å². The molecule has 12 nitrogen and oxygen atoms in total. The SMILES string of the molecule is Nc1[nH]cnc1C(=O)NC1O[C@H](CO)[C@@H](O)[C@H]1OP(=O)(O)O. The van der Waals surface area contributed by atoms with Crippen LogP contribution in [-0.4, -0.2) is 67.0 Å². The molecular formula is C9H15N4O8P. The second-order valence-corrected chi connectivity index (χ2v) is 5.66. The van der Waals surface area contributed by atoms with Gasteiger partial charge in [0.25, 0.3) is 5.91 Å². The number of ether oxygens (including phenoxy) is 1. The van der Waals surface area contributed by atoms with E-state index in [1.54, 1.807) is 0 Å². The Bertz CT molecular complexity index is 588. The van der Waals surface area contributed by atoms with Gasteiger partial charge < -0.3 is 40.8 Å². The van der Waals surface area contributed by atoms with Gasteiger partial charge in [0.2, 0.25) is 0 Å². The normalized spacial score (nSPS) is 28.7. The summed E-state index contributed by atoms with van der Waals surface area (Å²) in [6.07, 6.45) is -4.56. The number of nitrogens with one attached hydrogen (secondary N) is 2. The van der Waals surface area contributed by atoms with Gasteiger partial charge in [-0.3, -0.25) is 9.32 Å². The van der Waals surface area contributed by atoms with Crippen molar-refractivity contribution < 1.29 is 38.6 Å². The molecule has 1 amide bonds. The van der Waals surface area contributed by atoms with Crippen LogP contribution in [0, 0.1) is 0 Å². The van der Waals surface area contributed by atoms with E-state index in [0.717, 1.165) is 0 Å². The number of amides is 1. The molecule has 0 spiro atoms. The largest absolute Gasteiger partial charge is 0.470 e. The van der Waals surface area contributed by atoms with E-state index in [2.05, 4.69) is 19.8 Å². The highest BCUT2D eigenvalue weighted by Gasteiger charge is 2.48. The highest BCUT2D eigenvalue weighted by molar-refractivity contribution is 7.46. The minimum Gasteiger partial charge on any atom is -0.394 e. The number of imidazole rings is 1. The minimum atomic E-state index is -4.96. The lowest BCUT2D eigenvalue weighted by atomic mass is 10.1. The predicted octanol–water partition coefficient (Wildman–Crippen LogP) is -2.72. The van der Waals surface area contributed by atoms with Crippen molar-refractivity contribution in [1.29, 1.82) is 0 Å². The summed E-state index contributed by atoms with van der Waals surface area (Å²) in [5.41, 5.74) is 5.30. The quantitative estimate of drug-likeness (QED) is 0.276. The van der Waals surface area contributed by atoms with Gasteiger partial charge in [-0.05, 0) is 0 Å². The summed E-state index contributed by atoms with van der Waals surface area (Å²) in [6, 6.07) is 0. The van der Waals surface area contributed by atoms with Crippen molar-refractivity contribution in [2.24, 2.45) is 0 Å². The zero-order chi connectivity index (χ0) is 16.5. The summed E-state index contributed by atoms with van der Waals surface area (Å²) in [7, 11) is -4.96. The van der Waals surface area contributed by atoms with Crippen LogP contribution in [0.3, 0.4) is 0 Å². The van der Waals surface area contributed by atoms with Crippen LogP contribution in [0.4, 0.5) is 5.82 Å². The standard InChI is InChI=1S/C9H15N4O8P/c10-7-4(11-2-12-7)8(16)13-9-6(21-22(17,18)19)5(15)3(1-14)20-9/h2-3,5-6,9,14-15H,1,10H2,(H,11,12)(H,13,16)(H2,17,18,19)/t3-,5-,6-,9?/m1/s1. The van der Waals surface area contributed by atoms with E-state index >= 15 is 0 Å². The molecule has 1 aromatic rings. The van der Waals surface area contributed by atoms with E-state index in [1.165, 1.54) is 6.33 Å². The Hall–Kier alpha value is -1.53. The van der Waals surface area contributed by atoms with Crippen molar-refractivity contribution in [1.82, 2.24) is 15.3 Å². The third kappa shape index (κ3) is 3.62. The molecule has 0 aliphatic carbocycles. The van der Waals surface area contributed by atoms with Crippen LogP contribution >= 0.6 is 7.82 Å². The maximum Gasteiger partial charge on any atom is 0.470 e. The first-order chi connectivity index (χ1) is 10.2. The molecule has 2 heterocycles. The number of carbonyl (C=O) groups is 1. The van der Waals surface area contributed by atoms with E-state index < -0.39 is 44.9 Å². The van der Waals surface area contributed by atoms with Gasteiger partial charge in [-0.2, -0.15) is 0 Å². The molecule has 1 aliphatic heterocycles. The fourth-order valence-electron chi connectivity index (χ4n) is 1.96. The number of aliphatic hydroxyl groups excluding tert-OH is 2. The molecule has 124 valence electrons. The van der Waals surface area contributed by atoms with Crippen LogP contribution in [0.1, 0.15) is 10.5 Å². The van der Waals surface area contributed by atoms with Gasteiger partial charge in [0.15, 0.2) is 11.9 Å². The number of nitrogens with zero attached hydrogens (tertiary/aromatic N) is 1. The number of phosphoric acid groups is 1. The first-order valence-electron chi connectivity index (χ1n) is 6.01. The Morgan fingerprint density at radius 2 is 2.27 bits per heavy atom. The summed E-state index contributed by atoms with van der Waals surface area (Å²) in [5.74, 6) is -0.837. The lowest BCUT2D eigenvalue weighted by Crippen LogP contribution is -2.45. The van der Waals surface area contributed by atoms with Crippen molar-refractivity contribution in [2.45, 2.75) is 24.5 Å². The number of nitrogen functional groups attached to an aromatic ring is 1. The van der Waals surface area contributed by atoms with Crippen LogP contribution in [0.5, 0.6) is 0 Å². The number of aromatic nitrogens is 2. The number of aliphatic hydroxyl groups is 2. The van der Waals surface area contributed by atoms with Crippen LogP contribution < -0.4 is 11.1 Å². The molecule has 2 rings (SSSR count). The molecule has 22 heavy (non-hydrogen) atoms. The number of hydrogen-bond donors (Lipinski definition) is 7. The Morgan fingerprint density at radius 1 is 1.59 bits per heavy atom. The molecule has 0 saturated carbocycles. The van der Waals surface area contributed by atoms with Crippen molar-refractivity contribution in [3.63, 3.8) is 0 Å². The maximum atomic E-state index is 11.9. The zero-order valence-corrected chi connectivity index (χ0v) is 11.9. The van der Waals surface area contributed by atoms with Crippen LogP contribution in [0.25, 0.3) is 0 Å². The van der Waals surface area contributed by atoms with Gasteiger partial charge in [-0.15, -0.1) is 0 Å². The number of anilines is 1. The molecular weight excluding hydrogens is 323 g/mol. The predicted molar refractivity (Wildman–Crippen MR) is 69.1 cm³/mol. The van der Waals surface area contributed by atoms with Gasteiger partial charge in [0.1, 0.15) is 24.1 Å². The Labute approximate surface area is 123 Å². The number of nitrogens with two attached hydrogens (primary N) is 1. The third-order valence-electron chi connectivity index (χ3n) is 2.93. The highest BCUT2D eigenvalue weighted by atomic mass is 31.2. The van der Waals surface area contributed by atoms with E-state index in [4.69, 9.17) is 25.4 Å². The number of H-pyrrole nitrogens is 1. The van der Waals surface area contributed by atoms with Gasteiger partial charge in [0.05, 0.1) is 12.9 Å². The molecule has 1 fully saturated rings. The number of phosphoric ester groups is 1. The number of aromatic amines is 1. The number of rotatable bonds is 5. The van der Waals surface area contributed by atoms with Gasteiger partial charge in [-0.25, -0.2) is 9.55 Å². The van der Waals surface area contributed by atoms with E-state index in [0.29, 0.717) is 0 Å². The van der Waals surface area contributed by atoms with E-state index in [9.17, 15) is 14.5 Å². The lowest BCUT2D eigenvalue weighted by Gasteiger charge is -2.21. The second kappa shape index (κ2) is 6.30. The monoisotopic (exact) mass is 338 g/mol. The second-order valence-electron chi connectivity index (χ2n) is 4.47. The molecule has 0 bridgehead atoms. The van der Waals surface area contributed by atoms with Crippen molar-refractivity contribution in [2.75, 3.05) is 12.3 Å². The van der Waals surface area contributed by atoms with Crippen LogP contribution in [0.15, 0.2) is 6.33 Å². The molecule has 1 aliphatic rings. The summed E-state index contributed by atoms with van der Waals surface area (Å²) >= 11 is 0. The first-order valence-corrected chi connectivity index (χ1v) is 7.54. The molecule has 1 unspecified atom stereocenters. The molecule has 1 saturated heterocycles. The molecule has 0 aromatic carbocycles. The molecule has 8 N–H and O–H groups in total. The molecule has 1 aromatic heterocycles. The van der Waals surface area contributed by atoms with E-state index in [-0.39, 0.29) is 11.5 Å². The Balaban J connectivity index is 2.14. The molecule has 4 atom stereocenters. The van der Waals surface area contributed by atoms with Crippen molar-refractivity contribution in [3.8, 4) is 0 Å². The summed E-state index contributed by atoms with van der Waals surface area (Å²) < 4.78 is 20.5. The Morgan fingerprint density at radius 3 is 2.77 bits per heavy atom. The lowest BCUT2D eigenvalue weighted by molar-refractivity contribution is -0.0304. The summed E-state index contributed by atoms with van der Waals surface area (Å²) in [5, 5.41) is 21.1. The number of hydrogen-bond acceptors (Lipinski definition) is 8. The van der Waals surface area contributed by atoms with Gasteiger partial charge in [-0.1, -0.05) is 0 Å². The molecule has 0 radical (unpaired) electrons. The average molecular weight is 338 g/mol. The van der Waals surface area contributed by atoms with Gasteiger partial charge >= 0.3 is 7.82 Å². The Kier molecular flexibility index (Phi) is 4.82. The maximum absolute atomic E-state index is 11.9. The third-order valence-corrected chi connectivity index (χ3v) is 3.45. The zero-order valence-electron chi connectivity index (χ0n) is 11.0.